The van der Waals surface area contributed by atoms with Gasteiger partial charge in [-0.3, -0.25) is 5.41 Å². The normalized spacial score (nSPS) is 12.0. The fourth-order valence-electron chi connectivity index (χ4n) is 3.75. The van der Waals surface area contributed by atoms with Gasteiger partial charge in [0.25, 0.3) is 0 Å². The number of nitrogens with zero attached hydrogens (tertiary/aromatic N) is 1. The van der Waals surface area contributed by atoms with E-state index in [1.807, 2.05) is 12.3 Å². The van der Waals surface area contributed by atoms with Crippen LogP contribution in [0.2, 0.25) is 0 Å². The molecule has 1 aromatic heterocycles. The van der Waals surface area contributed by atoms with Gasteiger partial charge < -0.3 is 15.0 Å². The summed E-state index contributed by atoms with van der Waals surface area (Å²) in [6.07, 6.45) is 4.11. The number of hydrogen-bond acceptors (Lipinski definition) is 3. The number of allylic oxidation sites excluding steroid dienone is 1. The molecule has 3 N–H and O–H groups in total. The van der Waals surface area contributed by atoms with Crippen molar-refractivity contribution < 1.29 is 4.74 Å². The summed E-state index contributed by atoms with van der Waals surface area (Å²) in [7, 11) is 0. The zero-order valence-electron chi connectivity index (χ0n) is 19.1. The highest BCUT2D eigenvalue weighted by molar-refractivity contribution is 5.88. The van der Waals surface area contributed by atoms with Crippen LogP contribution in [0.25, 0.3) is 16.5 Å². The van der Waals surface area contributed by atoms with Gasteiger partial charge in [-0.15, -0.1) is 0 Å². The topological polar surface area (TPSA) is 64.0 Å². The van der Waals surface area contributed by atoms with Gasteiger partial charge in [-0.25, -0.2) is 0 Å². The molecule has 0 radical (unpaired) electrons. The van der Waals surface area contributed by atoms with Gasteiger partial charge in [-0.05, 0) is 53.8 Å². The predicted molar refractivity (Wildman–Crippen MR) is 130 cm³/mol. The molecule has 4 heteroatoms. The fraction of sp³-hybridized carbons (Fsp3) is 0.296. The van der Waals surface area contributed by atoms with Gasteiger partial charge >= 0.3 is 0 Å². The molecule has 0 saturated carbocycles. The summed E-state index contributed by atoms with van der Waals surface area (Å²) in [6.45, 7) is 17.8. The van der Waals surface area contributed by atoms with Crippen molar-refractivity contribution in [2.45, 2.75) is 47.1 Å². The third kappa shape index (κ3) is 4.58. The first-order valence-electron chi connectivity index (χ1n) is 10.8. The standard InChI is InChI=1S/C24H25N3O.C3H8/c1-14-5-6-18(9-15(14)2)17(4)21-13-27(12-16(3)25)22-10-19-7-8-28-23(19)11-20(22)24(21)26;1-3-2/h5-6,9-11,13,26H,3-4,7-8,12,25H2,1-2H3;3H2,1-2H3. The lowest BCUT2D eigenvalue weighted by molar-refractivity contribution is 0.357. The molecule has 4 rings (SSSR count). The first-order valence-corrected chi connectivity index (χ1v) is 10.8. The van der Waals surface area contributed by atoms with Gasteiger partial charge in [0.2, 0.25) is 0 Å². The molecule has 0 spiro atoms. The molecule has 0 aliphatic carbocycles. The lowest BCUT2D eigenvalue weighted by atomic mass is 9.95. The number of pyridine rings is 1. The maximum atomic E-state index is 8.87. The van der Waals surface area contributed by atoms with Crippen LogP contribution < -0.4 is 15.8 Å². The van der Waals surface area contributed by atoms with E-state index in [1.165, 1.54) is 23.1 Å². The highest BCUT2D eigenvalue weighted by Gasteiger charge is 2.17. The molecule has 0 atom stereocenters. The third-order valence-electron chi connectivity index (χ3n) is 5.49. The molecule has 1 aliphatic rings. The van der Waals surface area contributed by atoms with Gasteiger partial charge in [-0.1, -0.05) is 51.6 Å². The number of aromatic nitrogens is 1. The largest absolute Gasteiger partial charge is 0.493 e. The lowest BCUT2D eigenvalue weighted by Crippen LogP contribution is -2.17. The first kappa shape index (κ1) is 22.4. The average molecular weight is 416 g/mol. The number of benzene rings is 2. The maximum absolute atomic E-state index is 8.87. The van der Waals surface area contributed by atoms with Crippen molar-refractivity contribution >= 4 is 16.5 Å². The molecule has 1 aliphatic heterocycles. The summed E-state index contributed by atoms with van der Waals surface area (Å²) < 4.78 is 7.80. The number of aryl methyl sites for hydroxylation is 2. The van der Waals surface area contributed by atoms with Gasteiger partial charge in [-0.2, -0.15) is 0 Å². The van der Waals surface area contributed by atoms with Gasteiger partial charge in [0, 0.05) is 29.3 Å². The number of nitrogens with one attached hydrogen (secondary N) is 1. The summed E-state index contributed by atoms with van der Waals surface area (Å²) in [4.78, 5) is 0. The Bertz CT molecular complexity index is 1220. The molecule has 162 valence electrons. The molecular formula is C27H33N3O. The zero-order valence-corrected chi connectivity index (χ0v) is 19.1. The Morgan fingerprint density at radius 1 is 1.13 bits per heavy atom. The Kier molecular flexibility index (Phi) is 6.69. The van der Waals surface area contributed by atoms with Crippen LogP contribution in [0.4, 0.5) is 0 Å². The number of nitrogens with two attached hydrogens (primary N) is 1. The molecule has 0 unspecified atom stereocenters. The Morgan fingerprint density at radius 2 is 1.84 bits per heavy atom. The van der Waals surface area contributed by atoms with E-state index in [9.17, 15) is 0 Å². The Labute approximate surface area is 185 Å². The minimum absolute atomic E-state index is 0.454. The summed E-state index contributed by atoms with van der Waals surface area (Å²) in [5, 5.41) is 10.2. The van der Waals surface area contributed by atoms with Gasteiger partial charge in [0.1, 0.15) is 5.75 Å². The van der Waals surface area contributed by atoms with Gasteiger partial charge in [0.15, 0.2) is 0 Å². The molecule has 0 fully saturated rings. The van der Waals surface area contributed by atoms with E-state index in [4.69, 9.17) is 15.9 Å². The van der Waals surface area contributed by atoms with Crippen LogP contribution in [0.3, 0.4) is 0 Å². The zero-order chi connectivity index (χ0) is 22.7. The summed E-state index contributed by atoms with van der Waals surface area (Å²) in [5.41, 5.74) is 13.7. The molecule has 4 nitrogen and oxygen atoms in total. The van der Waals surface area contributed by atoms with Crippen LogP contribution in [-0.4, -0.2) is 11.2 Å². The molecule has 2 heterocycles. The summed E-state index contributed by atoms with van der Waals surface area (Å²) in [6, 6.07) is 10.4. The van der Waals surface area contributed by atoms with Crippen LogP contribution in [0, 0.1) is 19.3 Å². The van der Waals surface area contributed by atoms with Crippen LogP contribution in [0.15, 0.2) is 55.4 Å². The minimum Gasteiger partial charge on any atom is -0.493 e. The molecular weight excluding hydrogens is 382 g/mol. The molecule has 0 saturated heterocycles. The van der Waals surface area contributed by atoms with Gasteiger partial charge in [0.05, 0.1) is 24.0 Å². The predicted octanol–water partition coefficient (Wildman–Crippen LogP) is 5.62. The van der Waals surface area contributed by atoms with Crippen molar-refractivity contribution in [3.05, 3.63) is 88.6 Å². The van der Waals surface area contributed by atoms with E-state index in [1.54, 1.807) is 0 Å². The van der Waals surface area contributed by atoms with E-state index in [0.29, 0.717) is 24.2 Å². The molecule has 0 amide bonds. The summed E-state index contributed by atoms with van der Waals surface area (Å²) >= 11 is 0. The van der Waals surface area contributed by atoms with E-state index in [2.05, 4.69) is 69.7 Å². The van der Waals surface area contributed by atoms with E-state index in [0.717, 1.165) is 39.8 Å². The SMILES string of the molecule is C=C(N)Cn1cc(C(=C)c2ccc(C)c(C)c2)c(=N)c2cc3c(cc21)CCO3.CCC. The first-order chi connectivity index (χ1) is 14.8. The van der Waals surface area contributed by atoms with Crippen molar-refractivity contribution in [3.8, 4) is 5.75 Å². The highest BCUT2D eigenvalue weighted by atomic mass is 16.5. The molecule has 0 bridgehead atoms. The Balaban J connectivity index is 0.000000858. The third-order valence-corrected chi connectivity index (χ3v) is 5.49. The number of fused-ring (bicyclic) bond motifs is 2. The highest BCUT2D eigenvalue weighted by Crippen LogP contribution is 2.31. The lowest BCUT2D eigenvalue weighted by Gasteiger charge is -2.17. The Morgan fingerprint density at radius 3 is 2.48 bits per heavy atom. The quantitative estimate of drug-likeness (QED) is 0.581. The number of hydrogen-bond donors (Lipinski definition) is 2. The van der Waals surface area contributed by atoms with Crippen LogP contribution >= 0.6 is 0 Å². The van der Waals surface area contributed by atoms with E-state index < -0.39 is 0 Å². The number of rotatable bonds is 4. The molecule has 2 aromatic carbocycles. The second kappa shape index (κ2) is 9.25. The smallest absolute Gasteiger partial charge is 0.123 e. The van der Waals surface area contributed by atoms with Crippen molar-refractivity contribution in [2.24, 2.45) is 5.73 Å². The van der Waals surface area contributed by atoms with Crippen molar-refractivity contribution in [1.82, 2.24) is 4.57 Å². The minimum atomic E-state index is 0.454. The fourth-order valence-corrected chi connectivity index (χ4v) is 3.75. The molecule has 3 aromatic rings. The summed E-state index contributed by atoms with van der Waals surface area (Å²) in [5.74, 6) is 0.869. The molecule has 31 heavy (non-hydrogen) atoms. The maximum Gasteiger partial charge on any atom is 0.123 e. The monoisotopic (exact) mass is 415 g/mol. The van der Waals surface area contributed by atoms with Crippen LogP contribution in [0.1, 0.15) is 48.1 Å². The van der Waals surface area contributed by atoms with E-state index in [-0.39, 0.29) is 0 Å². The average Bonchev–Trinajstić information content (AvgIpc) is 3.18. The van der Waals surface area contributed by atoms with Crippen LogP contribution in [-0.2, 0) is 13.0 Å². The Hall–Kier alpha value is -3.27. The van der Waals surface area contributed by atoms with Crippen molar-refractivity contribution in [3.63, 3.8) is 0 Å². The van der Waals surface area contributed by atoms with Crippen molar-refractivity contribution in [2.75, 3.05) is 6.61 Å². The number of ether oxygens (including phenoxy) is 1. The second-order valence-electron chi connectivity index (χ2n) is 8.26. The van der Waals surface area contributed by atoms with E-state index >= 15 is 0 Å². The van der Waals surface area contributed by atoms with Crippen molar-refractivity contribution in [1.29, 1.82) is 5.41 Å². The van der Waals surface area contributed by atoms with Crippen LogP contribution in [0.5, 0.6) is 5.75 Å². The second-order valence-corrected chi connectivity index (χ2v) is 8.26.